The maximum Gasteiger partial charge on any atom is 0.412 e. The van der Waals surface area contributed by atoms with Gasteiger partial charge in [-0.15, -0.1) is 0 Å². The van der Waals surface area contributed by atoms with E-state index < -0.39 is 11.7 Å². The van der Waals surface area contributed by atoms with Crippen LogP contribution in [0.2, 0.25) is 0 Å². The Bertz CT molecular complexity index is 816. The molecule has 8 heteroatoms. The van der Waals surface area contributed by atoms with E-state index in [0.717, 1.165) is 5.56 Å². The van der Waals surface area contributed by atoms with Crippen molar-refractivity contribution >= 4 is 23.4 Å². The monoisotopic (exact) mass is 400 g/mol. The third kappa shape index (κ3) is 7.89. The highest BCUT2D eigenvalue weighted by Gasteiger charge is 2.18. The minimum Gasteiger partial charge on any atom is -0.444 e. The largest absolute Gasteiger partial charge is 0.444 e. The first-order valence-electron chi connectivity index (χ1n) is 9.45. The van der Waals surface area contributed by atoms with Crippen LogP contribution >= 0.6 is 0 Å². The normalized spacial score (nSPS) is 11.0. The number of pyridine rings is 1. The number of ether oxygens (including phenoxy) is 1. The molecule has 0 fully saturated rings. The first kappa shape index (κ1) is 22.3. The fourth-order valence-electron chi connectivity index (χ4n) is 2.40. The van der Waals surface area contributed by atoms with Gasteiger partial charge in [-0.1, -0.05) is 18.2 Å². The second kappa shape index (κ2) is 10.5. The summed E-state index contributed by atoms with van der Waals surface area (Å²) in [6, 6.07) is 10.3. The van der Waals surface area contributed by atoms with Crippen LogP contribution in [0.1, 0.15) is 43.2 Å². The lowest BCUT2D eigenvalue weighted by atomic mass is 10.2. The summed E-state index contributed by atoms with van der Waals surface area (Å²) in [6.45, 7) is 6.79. The van der Waals surface area contributed by atoms with E-state index in [1.807, 2.05) is 6.07 Å². The zero-order valence-electron chi connectivity index (χ0n) is 17.0. The quantitative estimate of drug-likeness (QED) is 0.507. The molecule has 0 aliphatic rings. The van der Waals surface area contributed by atoms with E-state index in [1.165, 1.54) is 0 Å². The van der Waals surface area contributed by atoms with Crippen LogP contribution < -0.4 is 16.0 Å². The number of aliphatic hydroxyl groups is 1. The number of nitrogens with one attached hydrogen (secondary N) is 3. The molecule has 0 saturated carbocycles. The molecule has 0 aliphatic carbocycles. The van der Waals surface area contributed by atoms with Gasteiger partial charge in [-0.05, 0) is 57.5 Å². The highest BCUT2D eigenvalue weighted by Crippen LogP contribution is 2.22. The number of hydrogen-bond donors (Lipinski definition) is 4. The molecule has 1 heterocycles. The third-order valence-electron chi connectivity index (χ3n) is 3.71. The van der Waals surface area contributed by atoms with E-state index in [2.05, 4.69) is 20.9 Å². The van der Waals surface area contributed by atoms with Gasteiger partial charge in [0.1, 0.15) is 11.3 Å². The Kier molecular flexibility index (Phi) is 8.11. The van der Waals surface area contributed by atoms with E-state index in [1.54, 1.807) is 57.3 Å². The molecule has 0 radical (unpaired) electrons. The van der Waals surface area contributed by atoms with Crippen LogP contribution in [0.4, 0.5) is 16.2 Å². The number of rotatable bonds is 8. The van der Waals surface area contributed by atoms with Crippen LogP contribution in [0, 0.1) is 0 Å². The van der Waals surface area contributed by atoms with Crippen molar-refractivity contribution in [1.29, 1.82) is 0 Å². The molecule has 156 valence electrons. The molecule has 2 rings (SSSR count). The molecule has 8 nitrogen and oxygen atoms in total. The Morgan fingerprint density at radius 3 is 2.34 bits per heavy atom. The zero-order valence-corrected chi connectivity index (χ0v) is 17.0. The van der Waals surface area contributed by atoms with Gasteiger partial charge in [-0.3, -0.25) is 15.1 Å². The molecule has 0 aliphatic heterocycles. The molecule has 0 saturated heterocycles. The number of benzene rings is 1. The van der Waals surface area contributed by atoms with Crippen LogP contribution in [0.3, 0.4) is 0 Å². The molecule has 1 aromatic carbocycles. The minimum absolute atomic E-state index is 0.147. The number of anilines is 2. The van der Waals surface area contributed by atoms with Crippen LogP contribution in [0.25, 0.3) is 0 Å². The van der Waals surface area contributed by atoms with Crippen LogP contribution in [0.15, 0.2) is 42.6 Å². The predicted molar refractivity (Wildman–Crippen MR) is 112 cm³/mol. The van der Waals surface area contributed by atoms with Crippen molar-refractivity contribution in [3.8, 4) is 0 Å². The number of carbonyl (C=O) groups excluding carboxylic acids is 2. The van der Waals surface area contributed by atoms with Gasteiger partial charge >= 0.3 is 6.09 Å². The van der Waals surface area contributed by atoms with Crippen molar-refractivity contribution in [2.75, 3.05) is 23.8 Å². The SMILES string of the molecule is CC(C)(C)OC(=O)Nc1ccccc1NC(=O)c1ccc(CNCCCO)cn1. The van der Waals surface area contributed by atoms with E-state index in [-0.39, 0.29) is 18.2 Å². The minimum atomic E-state index is -0.624. The Labute approximate surface area is 170 Å². The van der Waals surface area contributed by atoms with E-state index in [4.69, 9.17) is 9.84 Å². The number of nitrogens with zero attached hydrogens (tertiary/aromatic N) is 1. The lowest BCUT2D eigenvalue weighted by molar-refractivity contribution is 0.0635. The molecule has 0 bridgehead atoms. The standard InChI is InChI=1S/C21H28N4O4/c1-21(2,3)29-20(28)25-17-8-5-4-7-16(17)24-19(27)18-10-9-15(14-23-18)13-22-11-6-12-26/h4-5,7-10,14,22,26H,6,11-13H2,1-3H3,(H,24,27)(H,25,28). The predicted octanol–water partition coefficient (Wildman–Crippen LogP) is 3.15. The van der Waals surface area contributed by atoms with Gasteiger partial charge in [0.25, 0.3) is 5.91 Å². The van der Waals surface area contributed by atoms with Crippen molar-refractivity contribution in [2.45, 2.75) is 39.3 Å². The maximum atomic E-state index is 12.5. The van der Waals surface area contributed by atoms with Gasteiger partial charge in [-0.25, -0.2) is 4.79 Å². The fourth-order valence-corrected chi connectivity index (χ4v) is 2.40. The van der Waals surface area contributed by atoms with Crippen molar-refractivity contribution in [2.24, 2.45) is 0 Å². The number of para-hydroxylation sites is 2. The molecule has 29 heavy (non-hydrogen) atoms. The summed E-state index contributed by atoms with van der Waals surface area (Å²) in [4.78, 5) is 28.8. The molecule has 0 spiro atoms. The Morgan fingerprint density at radius 2 is 1.76 bits per heavy atom. The zero-order chi connectivity index (χ0) is 21.3. The molecular weight excluding hydrogens is 372 g/mol. The van der Waals surface area contributed by atoms with Crippen LogP contribution in [-0.2, 0) is 11.3 Å². The van der Waals surface area contributed by atoms with Crippen molar-refractivity contribution < 1.29 is 19.4 Å². The average Bonchev–Trinajstić information content (AvgIpc) is 2.66. The first-order chi connectivity index (χ1) is 13.8. The summed E-state index contributed by atoms with van der Waals surface area (Å²) in [6.07, 6.45) is 1.71. The number of aliphatic hydroxyl groups excluding tert-OH is 1. The molecule has 1 aromatic heterocycles. The maximum absolute atomic E-state index is 12.5. The topological polar surface area (TPSA) is 113 Å². The Morgan fingerprint density at radius 1 is 1.07 bits per heavy atom. The second-order valence-electron chi connectivity index (χ2n) is 7.43. The van der Waals surface area contributed by atoms with Gasteiger partial charge in [0.15, 0.2) is 0 Å². The van der Waals surface area contributed by atoms with Gasteiger partial charge in [0.05, 0.1) is 11.4 Å². The summed E-state index contributed by atoms with van der Waals surface area (Å²) in [5, 5.41) is 17.4. The number of hydrogen-bond acceptors (Lipinski definition) is 6. The van der Waals surface area contributed by atoms with Crippen LogP contribution in [-0.4, -0.2) is 40.8 Å². The summed E-state index contributed by atoms with van der Waals surface area (Å²) in [5.74, 6) is -0.386. The summed E-state index contributed by atoms with van der Waals surface area (Å²) in [7, 11) is 0. The first-order valence-corrected chi connectivity index (χ1v) is 9.45. The lowest BCUT2D eigenvalue weighted by Crippen LogP contribution is -2.27. The molecular formula is C21H28N4O4. The molecule has 0 atom stereocenters. The van der Waals surface area contributed by atoms with Crippen molar-refractivity contribution in [1.82, 2.24) is 10.3 Å². The lowest BCUT2D eigenvalue weighted by Gasteiger charge is -2.20. The second-order valence-corrected chi connectivity index (χ2v) is 7.43. The summed E-state index contributed by atoms with van der Waals surface area (Å²) >= 11 is 0. The Hall–Kier alpha value is -2.97. The van der Waals surface area contributed by atoms with E-state index in [0.29, 0.717) is 30.9 Å². The number of aromatic nitrogens is 1. The number of amides is 2. The number of carbonyl (C=O) groups is 2. The van der Waals surface area contributed by atoms with Gasteiger partial charge < -0.3 is 20.5 Å². The molecule has 4 N–H and O–H groups in total. The Balaban J connectivity index is 1.99. The van der Waals surface area contributed by atoms with Crippen LogP contribution in [0.5, 0.6) is 0 Å². The third-order valence-corrected chi connectivity index (χ3v) is 3.71. The molecule has 0 unspecified atom stereocenters. The van der Waals surface area contributed by atoms with Gasteiger partial charge in [0.2, 0.25) is 0 Å². The van der Waals surface area contributed by atoms with E-state index >= 15 is 0 Å². The summed E-state index contributed by atoms with van der Waals surface area (Å²) < 4.78 is 5.25. The summed E-state index contributed by atoms with van der Waals surface area (Å²) in [5.41, 5.74) is 1.45. The molecule has 2 amide bonds. The highest BCUT2D eigenvalue weighted by atomic mass is 16.6. The van der Waals surface area contributed by atoms with Crippen molar-refractivity contribution in [3.63, 3.8) is 0 Å². The highest BCUT2D eigenvalue weighted by molar-refractivity contribution is 6.05. The average molecular weight is 400 g/mol. The smallest absolute Gasteiger partial charge is 0.412 e. The van der Waals surface area contributed by atoms with Gasteiger partial charge in [0, 0.05) is 19.3 Å². The fraction of sp³-hybridized carbons (Fsp3) is 0.381. The molecule has 2 aromatic rings. The van der Waals surface area contributed by atoms with Gasteiger partial charge in [-0.2, -0.15) is 0 Å². The van der Waals surface area contributed by atoms with Crippen molar-refractivity contribution in [3.05, 3.63) is 53.9 Å². The van der Waals surface area contributed by atoms with E-state index in [9.17, 15) is 9.59 Å².